The molecule has 58 valence electrons. The van der Waals surface area contributed by atoms with E-state index in [9.17, 15) is 4.79 Å². The number of allylic oxidation sites excluding steroid dienone is 1. The highest BCUT2D eigenvalue weighted by molar-refractivity contribution is 5.71. The van der Waals surface area contributed by atoms with Crippen molar-refractivity contribution >= 4 is 5.97 Å². The molecule has 0 aliphatic heterocycles. The van der Waals surface area contributed by atoms with E-state index < -0.39 is 0 Å². The second-order valence-corrected chi connectivity index (χ2v) is 1.99. The number of carbonyl (C=O) groups excluding carboxylic acids is 1. The molecule has 0 aromatic heterocycles. The van der Waals surface area contributed by atoms with E-state index in [0.29, 0.717) is 13.0 Å². The van der Waals surface area contributed by atoms with Gasteiger partial charge in [0.15, 0.2) is 0 Å². The summed E-state index contributed by atoms with van der Waals surface area (Å²) >= 11 is 0. The van der Waals surface area contributed by atoms with Gasteiger partial charge in [-0.05, 0) is 13.3 Å². The van der Waals surface area contributed by atoms with Gasteiger partial charge >= 0.3 is 5.97 Å². The van der Waals surface area contributed by atoms with Crippen LogP contribution in [-0.2, 0) is 9.53 Å². The summed E-state index contributed by atoms with van der Waals surface area (Å²) in [4.78, 5) is 10.7. The quantitative estimate of drug-likeness (QED) is 0.442. The molecule has 0 fully saturated rings. The van der Waals surface area contributed by atoms with Crippen molar-refractivity contribution in [3.63, 3.8) is 0 Å². The molecule has 2 heteroatoms. The zero-order valence-corrected chi connectivity index (χ0v) is 6.59. The molecule has 0 aromatic carbocycles. The highest BCUT2D eigenvalue weighted by atomic mass is 16.5. The van der Waals surface area contributed by atoms with Gasteiger partial charge in [0, 0.05) is 0 Å². The third-order valence-electron chi connectivity index (χ3n) is 0.987. The fourth-order valence-corrected chi connectivity index (χ4v) is 0.489. The van der Waals surface area contributed by atoms with Crippen molar-refractivity contribution in [2.75, 3.05) is 6.61 Å². The van der Waals surface area contributed by atoms with E-state index in [1.54, 1.807) is 6.08 Å². The first-order valence-electron chi connectivity index (χ1n) is 3.58. The highest BCUT2D eigenvalue weighted by Gasteiger charge is 1.95. The van der Waals surface area contributed by atoms with Gasteiger partial charge in [-0.2, -0.15) is 0 Å². The Morgan fingerprint density at radius 3 is 2.80 bits per heavy atom. The van der Waals surface area contributed by atoms with Gasteiger partial charge < -0.3 is 4.74 Å². The van der Waals surface area contributed by atoms with E-state index in [4.69, 9.17) is 4.74 Å². The Balaban J connectivity index is 3.25. The Labute approximate surface area is 61.9 Å². The normalized spacial score (nSPS) is 10.2. The fraction of sp³-hybridized carbons (Fsp3) is 0.625. The molecule has 0 aromatic rings. The van der Waals surface area contributed by atoms with Gasteiger partial charge in [-0.25, -0.2) is 0 Å². The van der Waals surface area contributed by atoms with Crippen LogP contribution in [0.1, 0.15) is 26.7 Å². The van der Waals surface area contributed by atoms with Crippen molar-refractivity contribution in [2.24, 2.45) is 0 Å². The maximum absolute atomic E-state index is 10.7. The van der Waals surface area contributed by atoms with Crippen molar-refractivity contribution in [3.05, 3.63) is 12.2 Å². The summed E-state index contributed by atoms with van der Waals surface area (Å²) in [5.74, 6) is -0.139. The first-order valence-corrected chi connectivity index (χ1v) is 3.58. The number of ether oxygens (including phenoxy) is 1. The molecule has 0 rings (SSSR count). The van der Waals surface area contributed by atoms with Gasteiger partial charge in [0.2, 0.25) is 0 Å². The summed E-state index contributed by atoms with van der Waals surface area (Å²) in [5, 5.41) is 0. The maximum atomic E-state index is 10.7. The van der Waals surface area contributed by atoms with Gasteiger partial charge in [-0.3, -0.25) is 4.79 Å². The Hall–Kier alpha value is -0.790. The lowest BCUT2D eigenvalue weighted by Gasteiger charge is -1.98. The molecule has 0 saturated carbocycles. The summed E-state index contributed by atoms with van der Waals surface area (Å²) < 4.78 is 4.80. The summed E-state index contributed by atoms with van der Waals surface area (Å²) in [6.07, 6.45) is 4.92. The maximum Gasteiger partial charge on any atom is 0.309 e. The third kappa shape index (κ3) is 5.35. The Kier molecular flexibility index (Phi) is 5.83. The molecule has 2 nitrogen and oxygen atoms in total. The van der Waals surface area contributed by atoms with Crippen LogP contribution < -0.4 is 0 Å². The van der Waals surface area contributed by atoms with Crippen LogP contribution >= 0.6 is 0 Å². The molecule has 0 atom stereocenters. The van der Waals surface area contributed by atoms with Crippen LogP contribution in [0.2, 0.25) is 0 Å². The van der Waals surface area contributed by atoms with Crippen molar-refractivity contribution in [1.82, 2.24) is 0 Å². The van der Waals surface area contributed by atoms with Gasteiger partial charge in [0.05, 0.1) is 13.0 Å². The minimum Gasteiger partial charge on any atom is -0.465 e. The minimum atomic E-state index is -0.139. The molecule has 0 bridgehead atoms. The van der Waals surface area contributed by atoms with E-state index in [0.717, 1.165) is 6.42 Å². The molecular weight excluding hydrogens is 128 g/mol. The molecule has 0 amide bonds. The molecular formula is C8H14O2. The number of rotatable bonds is 4. The Morgan fingerprint density at radius 1 is 1.60 bits per heavy atom. The van der Waals surface area contributed by atoms with E-state index in [2.05, 4.69) is 0 Å². The predicted octanol–water partition coefficient (Wildman–Crippen LogP) is 1.91. The topological polar surface area (TPSA) is 26.3 Å². The summed E-state index contributed by atoms with van der Waals surface area (Å²) in [5.41, 5.74) is 0. The SMILES string of the molecule is CC=CCC(=O)OCCC. The molecule has 0 unspecified atom stereocenters. The first-order chi connectivity index (χ1) is 4.81. The standard InChI is InChI=1S/C8H14O2/c1-3-5-6-8(9)10-7-4-2/h3,5H,4,6-7H2,1-2H3. The van der Waals surface area contributed by atoms with Crippen LogP contribution in [0.5, 0.6) is 0 Å². The summed E-state index contributed by atoms with van der Waals surface area (Å²) in [6, 6.07) is 0. The van der Waals surface area contributed by atoms with Crippen LogP contribution in [-0.4, -0.2) is 12.6 Å². The zero-order valence-electron chi connectivity index (χ0n) is 6.59. The van der Waals surface area contributed by atoms with E-state index >= 15 is 0 Å². The number of carbonyl (C=O) groups is 1. The minimum absolute atomic E-state index is 0.139. The van der Waals surface area contributed by atoms with Gasteiger partial charge in [-0.1, -0.05) is 19.1 Å². The van der Waals surface area contributed by atoms with Crippen LogP contribution in [0.25, 0.3) is 0 Å². The molecule has 0 radical (unpaired) electrons. The zero-order chi connectivity index (χ0) is 7.82. The molecule has 0 spiro atoms. The van der Waals surface area contributed by atoms with Gasteiger partial charge in [0.25, 0.3) is 0 Å². The number of esters is 1. The second-order valence-electron chi connectivity index (χ2n) is 1.99. The Morgan fingerprint density at radius 2 is 2.30 bits per heavy atom. The van der Waals surface area contributed by atoms with Gasteiger partial charge in [-0.15, -0.1) is 0 Å². The average Bonchev–Trinajstić information content (AvgIpc) is 1.97. The van der Waals surface area contributed by atoms with Crippen molar-refractivity contribution in [1.29, 1.82) is 0 Å². The van der Waals surface area contributed by atoms with Crippen LogP contribution in [0.15, 0.2) is 12.2 Å². The number of hydrogen-bond acceptors (Lipinski definition) is 2. The molecule has 0 heterocycles. The summed E-state index contributed by atoms with van der Waals surface area (Å²) in [7, 11) is 0. The highest BCUT2D eigenvalue weighted by Crippen LogP contribution is 1.89. The van der Waals surface area contributed by atoms with Crippen molar-refractivity contribution in [3.8, 4) is 0 Å². The van der Waals surface area contributed by atoms with E-state index in [1.807, 2.05) is 19.9 Å². The van der Waals surface area contributed by atoms with Crippen LogP contribution in [0, 0.1) is 0 Å². The molecule has 0 saturated heterocycles. The van der Waals surface area contributed by atoms with Crippen molar-refractivity contribution < 1.29 is 9.53 Å². The third-order valence-corrected chi connectivity index (χ3v) is 0.987. The second kappa shape index (κ2) is 6.33. The monoisotopic (exact) mass is 142 g/mol. The summed E-state index contributed by atoms with van der Waals surface area (Å²) in [6.45, 7) is 4.40. The molecule has 0 N–H and O–H groups in total. The predicted molar refractivity (Wildman–Crippen MR) is 40.7 cm³/mol. The Bertz CT molecular complexity index is 116. The largest absolute Gasteiger partial charge is 0.465 e. The molecule has 10 heavy (non-hydrogen) atoms. The van der Waals surface area contributed by atoms with Crippen molar-refractivity contribution in [2.45, 2.75) is 26.7 Å². The number of hydrogen-bond donors (Lipinski definition) is 0. The molecule has 0 aliphatic rings. The fourth-order valence-electron chi connectivity index (χ4n) is 0.489. The molecule has 0 aliphatic carbocycles. The average molecular weight is 142 g/mol. The lowest BCUT2D eigenvalue weighted by molar-refractivity contribution is -0.142. The van der Waals surface area contributed by atoms with Crippen LogP contribution in [0.4, 0.5) is 0 Å². The van der Waals surface area contributed by atoms with Crippen LogP contribution in [0.3, 0.4) is 0 Å². The smallest absolute Gasteiger partial charge is 0.309 e. The van der Waals surface area contributed by atoms with E-state index in [1.165, 1.54) is 0 Å². The lowest BCUT2D eigenvalue weighted by Crippen LogP contribution is -2.02. The first kappa shape index (κ1) is 9.21. The lowest BCUT2D eigenvalue weighted by atomic mass is 10.4. The van der Waals surface area contributed by atoms with Gasteiger partial charge in [0.1, 0.15) is 0 Å². The van der Waals surface area contributed by atoms with E-state index in [-0.39, 0.29) is 5.97 Å².